The van der Waals surface area contributed by atoms with Gasteiger partial charge in [-0.25, -0.2) is 13.2 Å². The lowest BCUT2D eigenvalue weighted by atomic mass is 9.94. The Morgan fingerprint density at radius 3 is 2.40 bits per heavy atom. The standard InChI is InChI=1S/C32H27F3N4O3/c33-22-14-19(15-23(34)18-22)16-27(29-24(8-4-12-37-29)21-10-11-26(35)25(17-21)30(36)40)38-31(41)28-9-5-13-39(28)32(42)20-6-2-1-3-7-20/h1-4,6-8,10-12,14-15,17-18,27-28H,5,9,13,16H2,(H2,36,40)(H,38,41)/t27-,28?/m0/s1. The van der Waals surface area contributed by atoms with Gasteiger partial charge in [-0.15, -0.1) is 0 Å². The largest absolute Gasteiger partial charge is 0.366 e. The number of carbonyl (C=O) groups excluding carboxylic acids is 3. The fraction of sp³-hybridized carbons (Fsp3) is 0.188. The second-order valence-corrected chi connectivity index (χ2v) is 10.1. The SMILES string of the molecule is NC(=O)c1cc(-c2cccnc2[C@H](Cc2cc(F)cc(F)c2)NC(=O)C2CCCN2C(=O)c2ccccc2)ccc1F. The Hall–Kier alpha value is -4.99. The molecule has 0 saturated carbocycles. The van der Waals surface area contributed by atoms with Gasteiger partial charge in [-0.05, 0) is 72.9 Å². The number of nitrogens with zero attached hydrogens (tertiary/aromatic N) is 2. The molecular weight excluding hydrogens is 545 g/mol. The zero-order valence-corrected chi connectivity index (χ0v) is 22.4. The van der Waals surface area contributed by atoms with Crippen molar-refractivity contribution < 1.29 is 27.6 Å². The van der Waals surface area contributed by atoms with Gasteiger partial charge >= 0.3 is 0 Å². The fourth-order valence-electron chi connectivity index (χ4n) is 5.30. The van der Waals surface area contributed by atoms with E-state index in [9.17, 15) is 27.6 Å². The van der Waals surface area contributed by atoms with E-state index in [2.05, 4.69) is 10.3 Å². The number of carbonyl (C=O) groups is 3. The van der Waals surface area contributed by atoms with Crippen LogP contribution >= 0.6 is 0 Å². The summed E-state index contributed by atoms with van der Waals surface area (Å²) >= 11 is 0. The number of nitrogens with one attached hydrogen (secondary N) is 1. The minimum atomic E-state index is -0.954. The molecule has 3 amide bonds. The first-order valence-corrected chi connectivity index (χ1v) is 13.4. The lowest BCUT2D eigenvalue weighted by Gasteiger charge is -2.27. The molecule has 5 rings (SSSR count). The van der Waals surface area contributed by atoms with E-state index in [1.807, 2.05) is 0 Å². The molecule has 1 fully saturated rings. The molecule has 3 N–H and O–H groups in total. The van der Waals surface area contributed by atoms with Crippen LogP contribution in [-0.4, -0.2) is 40.2 Å². The van der Waals surface area contributed by atoms with Gasteiger partial charge in [0.05, 0.1) is 17.3 Å². The van der Waals surface area contributed by atoms with Gasteiger partial charge in [0.2, 0.25) is 5.91 Å². The third kappa shape index (κ3) is 6.17. The zero-order chi connectivity index (χ0) is 29.8. The summed E-state index contributed by atoms with van der Waals surface area (Å²) in [5.41, 5.74) is 6.91. The number of hydrogen-bond acceptors (Lipinski definition) is 4. The number of halogens is 3. The quantitative estimate of drug-likeness (QED) is 0.311. The minimum absolute atomic E-state index is 0.0480. The summed E-state index contributed by atoms with van der Waals surface area (Å²) in [6, 6.07) is 17.2. The van der Waals surface area contributed by atoms with E-state index >= 15 is 0 Å². The smallest absolute Gasteiger partial charge is 0.254 e. The highest BCUT2D eigenvalue weighted by Crippen LogP contribution is 2.31. The Balaban J connectivity index is 1.52. The Morgan fingerprint density at radius 1 is 0.952 bits per heavy atom. The summed E-state index contributed by atoms with van der Waals surface area (Å²) in [6.45, 7) is 0.395. The normalized spacial score (nSPS) is 15.3. The average molecular weight is 573 g/mol. The van der Waals surface area contributed by atoms with Gasteiger partial charge in [-0.2, -0.15) is 0 Å². The number of pyridine rings is 1. The first-order chi connectivity index (χ1) is 20.2. The molecule has 0 radical (unpaired) electrons. The van der Waals surface area contributed by atoms with Crippen molar-refractivity contribution in [3.8, 4) is 11.1 Å². The molecule has 42 heavy (non-hydrogen) atoms. The molecule has 4 aromatic rings. The number of benzene rings is 3. The van der Waals surface area contributed by atoms with Crippen LogP contribution in [0.5, 0.6) is 0 Å². The van der Waals surface area contributed by atoms with E-state index in [-0.39, 0.29) is 23.5 Å². The van der Waals surface area contributed by atoms with Gasteiger partial charge in [0, 0.05) is 29.9 Å². The number of nitrogens with two attached hydrogens (primary N) is 1. The molecule has 0 bridgehead atoms. The Bertz CT molecular complexity index is 1630. The molecule has 0 aliphatic carbocycles. The van der Waals surface area contributed by atoms with E-state index in [1.165, 1.54) is 23.2 Å². The maximum Gasteiger partial charge on any atom is 0.254 e. The number of likely N-dealkylation sites (tertiary alicyclic amines) is 1. The van der Waals surface area contributed by atoms with E-state index in [0.29, 0.717) is 41.8 Å². The average Bonchev–Trinajstić information content (AvgIpc) is 3.47. The molecule has 7 nitrogen and oxygen atoms in total. The van der Waals surface area contributed by atoms with Crippen LogP contribution in [0.25, 0.3) is 11.1 Å². The summed E-state index contributed by atoms with van der Waals surface area (Å²) in [7, 11) is 0. The van der Waals surface area contributed by atoms with Crippen LogP contribution in [0.3, 0.4) is 0 Å². The highest BCUT2D eigenvalue weighted by atomic mass is 19.1. The van der Waals surface area contributed by atoms with Gasteiger partial charge in [0.25, 0.3) is 11.8 Å². The van der Waals surface area contributed by atoms with Gasteiger partial charge in [-0.1, -0.05) is 30.3 Å². The first-order valence-electron chi connectivity index (χ1n) is 13.4. The third-order valence-corrected chi connectivity index (χ3v) is 7.23. The molecule has 0 spiro atoms. The molecule has 3 aromatic carbocycles. The number of primary amides is 1. The van der Waals surface area contributed by atoms with Crippen molar-refractivity contribution in [1.29, 1.82) is 0 Å². The third-order valence-electron chi connectivity index (χ3n) is 7.23. The van der Waals surface area contributed by atoms with E-state index in [0.717, 1.165) is 24.3 Å². The lowest BCUT2D eigenvalue weighted by Crippen LogP contribution is -2.47. The minimum Gasteiger partial charge on any atom is -0.366 e. The van der Waals surface area contributed by atoms with Gasteiger partial charge < -0.3 is 16.0 Å². The summed E-state index contributed by atoms with van der Waals surface area (Å²) in [5.74, 6) is -4.04. The Labute approximate surface area is 240 Å². The summed E-state index contributed by atoms with van der Waals surface area (Å²) in [4.78, 5) is 44.8. The first kappa shape index (κ1) is 28.5. The van der Waals surface area contributed by atoms with Crippen LogP contribution in [0.15, 0.2) is 85.1 Å². The maximum atomic E-state index is 14.3. The van der Waals surface area contributed by atoms with Crippen molar-refractivity contribution in [3.05, 3.63) is 125 Å². The van der Waals surface area contributed by atoms with Crippen molar-refractivity contribution in [2.75, 3.05) is 6.54 Å². The fourth-order valence-corrected chi connectivity index (χ4v) is 5.30. The lowest BCUT2D eigenvalue weighted by molar-refractivity contribution is -0.125. The van der Waals surface area contributed by atoms with Crippen molar-refractivity contribution in [2.45, 2.75) is 31.3 Å². The molecular formula is C32H27F3N4O3. The summed E-state index contributed by atoms with van der Waals surface area (Å²) in [6.07, 6.45) is 2.49. The molecule has 1 aliphatic rings. The Morgan fingerprint density at radius 2 is 1.69 bits per heavy atom. The van der Waals surface area contributed by atoms with Crippen LogP contribution in [0.4, 0.5) is 13.2 Å². The Kier molecular flexibility index (Phi) is 8.33. The topological polar surface area (TPSA) is 105 Å². The highest BCUT2D eigenvalue weighted by Gasteiger charge is 2.36. The number of aromatic nitrogens is 1. The second-order valence-electron chi connectivity index (χ2n) is 10.1. The van der Waals surface area contributed by atoms with Crippen LogP contribution in [0.1, 0.15) is 50.9 Å². The molecule has 1 aliphatic heterocycles. The van der Waals surface area contributed by atoms with Gasteiger partial charge in [0.1, 0.15) is 23.5 Å². The van der Waals surface area contributed by atoms with Crippen molar-refractivity contribution >= 4 is 17.7 Å². The molecule has 214 valence electrons. The van der Waals surface area contributed by atoms with E-state index < -0.39 is 41.3 Å². The predicted octanol–water partition coefficient (Wildman–Crippen LogP) is 4.97. The maximum absolute atomic E-state index is 14.3. The van der Waals surface area contributed by atoms with Crippen molar-refractivity contribution in [1.82, 2.24) is 15.2 Å². The monoisotopic (exact) mass is 572 g/mol. The molecule has 1 saturated heterocycles. The summed E-state index contributed by atoms with van der Waals surface area (Å²) < 4.78 is 42.5. The molecule has 1 aromatic heterocycles. The van der Waals surface area contributed by atoms with Gasteiger partial charge in [0.15, 0.2) is 0 Å². The van der Waals surface area contributed by atoms with E-state index in [1.54, 1.807) is 42.5 Å². The van der Waals surface area contributed by atoms with Crippen LogP contribution in [0.2, 0.25) is 0 Å². The predicted molar refractivity (Wildman–Crippen MR) is 150 cm³/mol. The number of amides is 3. The highest BCUT2D eigenvalue weighted by molar-refractivity contribution is 5.98. The summed E-state index contributed by atoms with van der Waals surface area (Å²) in [5, 5.41) is 2.95. The van der Waals surface area contributed by atoms with E-state index in [4.69, 9.17) is 5.73 Å². The molecule has 2 heterocycles. The number of rotatable bonds is 8. The second kappa shape index (κ2) is 12.3. The molecule has 1 unspecified atom stereocenters. The van der Waals surface area contributed by atoms with Crippen LogP contribution in [0, 0.1) is 17.5 Å². The molecule has 10 heteroatoms. The van der Waals surface area contributed by atoms with Crippen LogP contribution < -0.4 is 11.1 Å². The van der Waals surface area contributed by atoms with Crippen LogP contribution in [-0.2, 0) is 11.2 Å². The molecule has 2 atom stereocenters. The van der Waals surface area contributed by atoms with Crippen molar-refractivity contribution in [3.63, 3.8) is 0 Å². The van der Waals surface area contributed by atoms with Crippen molar-refractivity contribution in [2.24, 2.45) is 5.73 Å². The van der Waals surface area contributed by atoms with Gasteiger partial charge in [-0.3, -0.25) is 19.4 Å². The zero-order valence-electron chi connectivity index (χ0n) is 22.4. The number of hydrogen-bond donors (Lipinski definition) is 2.